The first kappa shape index (κ1) is 27.1. The SMILES string of the molecule is CC(NC(=O)c1ccc2c(Oc3ccc(C(F)(F)F)cc3)cccc2c1)C1CN(C(=O)OCc2ccccc2)C1. The number of hydrogen-bond acceptors (Lipinski definition) is 4. The molecule has 9 heteroatoms. The first-order valence-corrected chi connectivity index (χ1v) is 12.8. The lowest BCUT2D eigenvalue weighted by molar-refractivity contribution is -0.137. The molecular formula is C31H27F3N2O4. The molecule has 0 spiro atoms. The highest BCUT2D eigenvalue weighted by atomic mass is 19.4. The van der Waals surface area contributed by atoms with Crippen molar-refractivity contribution in [2.24, 2.45) is 5.92 Å². The molecule has 6 nitrogen and oxygen atoms in total. The molecule has 1 saturated heterocycles. The molecular weight excluding hydrogens is 521 g/mol. The highest BCUT2D eigenvalue weighted by Crippen LogP contribution is 2.34. The molecule has 1 fully saturated rings. The average Bonchev–Trinajstić information content (AvgIpc) is 2.91. The lowest BCUT2D eigenvalue weighted by Crippen LogP contribution is -2.57. The minimum atomic E-state index is -4.42. The monoisotopic (exact) mass is 548 g/mol. The molecule has 1 unspecified atom stereocenters. The number of likely N-dealkylation sites (tertiary alicyclic amines) is 1. The Hall–Kier alpha value is -4.53. The molecule has 0 bridgehead atoms. The summed E-state index contributed by atoms with van der Waals surface area (Å²) in [4.78, 5) is 26.9. The van der Waals surface area contributed by atoms with Crippen molar-refractivity contribution in [1.82, 2.24) is 10.2 Å². The van der Waals surface area contributed by atoms with Crippen LogP contribution in [0.1, 0.15) is 28.4 Å². The molecule has 5 rings (SSSR count). The molecule has 0 aliphatic carbocycles. The molecule has 1 aliphatic heterocycles. The van der Waals surface area contributed by atoms with Crippen LogP contribution in [0, 0.1) is 5.92 Å². The van der Waals surface area contributed by atoms with Crippen LogP contribution in [0.4, 0.5) is 18.0 Å². The van der Waals surface area contributed by atoms with Crippen LogP contribution in [0.5, 0.6) is 11.5 Å². The number of alkyl halides is 3. The van der Waals surface area contributed by atoms with Crippen LogP contribution in [0.2, 0.25) is 0 Å². The molecule has 206 valence electrons. The Morgan fingerprint density at radius 3 is 2.38 bits per heavy atom. The molecule has 1 heterocycles. The van der Waals surface area contributed by atoms with Crippen molar-refractivity contribution in [1.29, 1.82) is 0 Å². The summed E-state index contributed by atoms with van der Waals surface area (Å²) in [5.74, 6) is 0.604. The van der Waals surface area contributed by atoms with Crippen LogP contribution >= 0.6 is 0 Å². The number of hydrogen-bond donors (Lipinski definition) is 1. The Bertz CT molecular complexity index is 1500. The fraction of sp³-hybridized carbons (Fsp3) is 0.226. The first-order chi connectivity index (χ1) is 19.2. The summed E-state index contributed by atoms with van der Waals surface area (Å²) < 4.78 is 49.7. The van der Waals surface area contributed by atoms with Crippen LogP contribution in [-0.4, -0.2) is 36.0 Å². The maximum Gasteiger partial charge on any atom is 0.416 e. The first-order valence-electron chi connectivity index (χ1n) is 12.8. The zero-order chi connectivity index (χ0) is 28.3. The van der Waals surface area contributed by atoms with E-state index < -0.39 is 11.7 Å². The predicted molar refractivity (Wildman–Crippen MR) is 144 cm³/mol. The number of halogens is 3. The Morgan fingerprint density at radius 1 is 0.950 bits per heavy atom. The minimum absolute atomic E-state index is 0.109. The molecule has 1 aliphatic rings. The summed E-state index contributed by atoms with van der Waals surface area (Å²) in [6.07, 6.45) is -4.79. The normalized spacial score (nSPS) is 14.3. The Kier molecular flexibility index (Phi) is 7.64. The van der Waals surface area contributed by atoms with Crippen molar-refractivity contribution in [3.8, 4) is 11.5 Å². The Balaban J connectivity index is 1.16. The molecule has 4 aromatic carbocycles. The number of nitrogens with one attached hydrogen (secondary N) is 1. The Labute approximate surface area is 229 Å². The quantitative estimate of drug-likeness (QED) is 0.269. The zero-order valence-electron chi connectivity index (χ0n) is 21.7. The van der Waals surface area contributed by atoms with Crippen LogP contribution in [-0.2, 0) is 17.5 Å². The van der Waals surface area contributed by atoms with Gasteiger partial charge in [-0.25, -0.2) is 4.79 Å². The van der Waals surface area contributed by atoms with Gasteiger partial charge in [0.05, 0.1) is 5.56 Å². The fourth-order valence-corrected chi connectivity index (χ4v) is 4.52. The predicted octanol–water partition coefficient (Wildman–Crippen LogP) is 7.04. The topological polar surface area (TPSA) is 67.9 Å². The summed E-state index contributed by atoms with van der Waals surface area (Å²) >= 11 is 0. The van der Waals surface area contributed by atoms with E-state index in [9.17, 15) is 22.8 Å². The van der Waals surface area contributed by atoms with Crippen molar-refractivity contribution < 1.29 is 32.2 Å². The number of ether oxygens (including phenoxy) is 2. The van der Waals surface area contributed by atoms with Crippen molar-refractivity contribution in [3.63, 3.8) is 0 Å². The molecule has 4 aromatic rings. The largest absolute Gasteiger partial charge is 0.457 e. The molecule has 0 aromatic heterocycles. The van der Waals surface area contributed by atoms with Crippen molar-refractivity contribution in [2.45, 2.75) is 25.7 Å². The lowest BCUT2D eigenvalue weighted by Gasteiger charge is -2.41. The minimum Gasteiger partial charge on any atom is -0.457 e. The van der Waals surface area contributed by atoms with Gasteiger partial charge in [-0.2, -0.15) is 13.2 Å². The number of fused-ring (bicyclic) bond motifs is 1. The van der Waals surface area contributed by atoms with Crippen molar-refractivity contribution in [3.05, 3.63) is 108 Å². The van der Waals surface area contributed by atoms with Gasteiger partial charge in [-0.3, -0.25) is 4.79 Å². The lowest BCUT2D eigenvalue weighted by atomic mass is 9.93. The van der Waals surface area contributed by atoms with Gasteiger partial charge in [-0.05, 0) is 66.4 Å². The van der Waals surface area contributed by atoms with Gasteiger partial charge >= 0.3 is 12.3 Å². The number of nitrogens with zero attached hydrogens (tertiary/aromatic N) is 1. The number of carbonyl (C=O) groups is 2. The second-order valence-corrected chi connectivity index (χ2v) is 9.78. The van der Waals surface area contributed by atoms with Crippen molar-refractivity contribution in [2.75, 3.05) is 13.1 Å². The van der Waals surface area contributed by atoms with Gasteiger partial charge in [0.15, 0.2) is 0 Å². The summed E-state index contributed by atoms with van der Waals surface area (Å²) in [5.41, 5.74) is 0.631. The standard InChI is InChI=1S/C31H27F3N2O4/c1-20(24-17-36(18-24)30(38)39-19-21-6-3-2-4-7-21)35-29(37)23-10-15-27-22(16-23)8-5-9-28(27)40-26-13-11-25(12-14-26)31(32,33)34/h2-16,20,24H,17-19H2,1H3,(H,35,37). The molecule has 1 atom stereocenters. The molecule has 2 amide bonds. The van der Waals surface area contributed by atoms with Gasteiger partial charge in [0.25, 0.3) is 5.91 Å². The molecule has 40 heavy (non-hydrogen) atoms. The average molecular weight is 549 g/mol. The van der Waals surface area contributed by atoms with E-state index in [0.717, 1.165) is 28.5 Å². The fourth-order valence-electron chi connectivity index (χ4n) is 4.52. The van der Waals surface area contributed by atoms with Crippen LogP contribution in [0.3, 0.4) is 0 Å². The molecule has 1 N–H and O–H groups in total. The highest BCUT2D eigenvalue weighted by molar-refractivity contribution is 6.00. The van der Waals surface area contributed by atoms with Gasteiger partial charge < -0.3 is 19.7 Å². The smallest absolute Gasteiger partial charge is 0.416 e. The van der Waals surface area contributed by atoms with E-state index >= 15 is 0 Å². The summed E-state index contributed by atoms with van der Waals surface area (Å²) in [6.45, 7) is 3.12. The van der Waals surface area contributed by atoms with Gasteiger partial charge in [0.2, 0.25) is 0 Å². The summed E-state index contributed by atoms with van der Waals surface area (Å²) in [5, 5.41) is 4.48. The maximum absolute atomic E-state index is 13.0. The van der Waals surface area contributed by atoms with Crippen LogP contribution in [0.15, 0.2) is 91.0 Å². The maximum atomic E-state index is 13.0. The van der Waals surface area contributed by atoms with E-state index in [2.05, 4.69) is 5.32 Å². The number of benzene rings is 4. The number of rotatable bonds is 7. The van der Waals surface area contributed by atoms with E-state index in [0.29, 0.717) is 24.4 Å². The zero-order valence-corrected chi connectivity index (χ0v) is 21.7. The van der Waals surface area contributed by atoms with E-state index in [1.165, 1.54) is 12.1 Å². The Morgan fingerprint density at radius 2 is 1.68 bits per heavy atom. The van der Waals surface area contributed by atoms with Gasteiger partial charge in [-0.15, -0.1) is 0 Å². The summed E-state index contributed by atoms with van der Waals surface area (Å²) in [7, 11) is 0. The van der Waals surface area contributed by atoms with E-state index in [-0.39, 0.29) is 36.3 Å². The van der Waals surface area contributed by atoms with Gasteiger partial charge in [-0.1, -0.05) is 42.5 Å². The second-order valence-electron chi connectivity index (χ2n) is 9.78. The van der Waals surface area contributed by atoms with E-state index in [4.69, 9.17) is 9.47 Å². The second kappa shape index (κ2) is 11.3. The van der Waals surface area contributed by atoms with Crippen LogP contribution in [0.25, 0.3) is 10.8 Å². The molecule has 0 saturated carbocycles. The highest BCUT2D eigenvalue weighted by Gasteiger charge is 2.36. The third-order valence-electron chi connectivity index (χ3n) is 6.95. The van der Waals surface area contributed by atoms with Crippen LogP contribution < -0.4 is 10.1 Å². The molecule has 0 radical (unpaired) electrons. The van der Waals surface area contributed by atoms with E-state index in [1.807, 2.05) is 43.3 Å². The van der Waals surface area contributed by atoms with E-state index in [1.54, 1.807) is 35.2 Å². The third-order valence-corrected chi connectivity index (χ3v) is 6.95. The van der Waals surface area contributed by atoms with Gasteiger partial charge in [0, 0.05) is 36.0 Å². The number of carbonyl (C=O) groups excluding carboxylic acids is 2. The van der Waals surface area contributed by atoms with Gasteiger partial charge in [0.1, 0.15) is 18.1 Å². The third kappa shape index (κ3) is 6.20. The summed E-state index contributed by atoms with van der Waals surface area (Å²) in [6, 6.07) is 24.3. The number of amides is 2. The van der Waals surface area contributed by atoms with Crippen molar-refractivity contribution >= 4 is 22.8 Å².